The topological polar surface area (TPSA) is 36.6 Å². The summed E-state index contributed by atoms with van der Waals surface area (Å²) in [6, 6.07) is 5.99. The fourth-order valence-electron chi connectivity index (χ4n) is 2.93. The predicted molar refractivity (Wildman–Crippen MR) is 95.4 cm³/mol. The van der Waals surface area contributed by atoms with Crippen LogP contribution in [0.1, 0.15) is 5.56 Å². The lowest BCUT2D eigenvalue weighted by molar-refractivity contribution is -1.00. The summed E-state index contributed by atoms with van der Waals surface area (Å²) in [6.07, 6.45) is 2.71. The van der Waals surface area contributed by atoms with Crippen LogP contribution in [0.4, 0.5) is 0 Å². The smallest absolute Gasteiger partial charge is 0.161 e. The highest BCUT2D eigenvalue weighted by Gasteiger charge is 2.19. The van der Waals surface area contributed by atoms with Crippen LogP contribution in [-0.2, 0) is 11.2 Å². The molecule has 134 valence electrons. The summed E-state index contributed by atoms with van der Waals surface area (Å²) in [5.41, 5.74) is 1.17. The molecule has 0 saturated carbocycles. The van der Waals surface area contributed by atoms with Gasteiger partial charge >= 0.3 is 0 Å². The Labute approximate surface area is 145 Å². The lowest BCUT2D eigenvalue weighted by Gasteiger charge is -2.27. The van der Waals surface area contributed by atoms with Crippen LogP contribution in [0.2, 0.25) is 0 Å². The quantitative estimate of drug-likeness (QED) is 0.435. The maximum Gasteiger partial charge on any atom is 0.161 e. The number of nitrogens with one attached hydrogen (secondary N) is 2. The summed E-state index contributed by atoms with van der Waals surface area (Å²) >= 11 is 0. The highest BCUT2D eigenvalue weighted by atomic mass is 16.5. The molecular formula is C19H32N2O3+2. The summed E-state index contributed by atoms with van der Waals surface area (Å²) in [6.45, 7) is 11.8. The van der Waals surface area contributed by atoms with Gasteiger partial charge in [0, 0.05) is 0 Å². The normalized spacial score (nSPS) is 20.6. The SMILES string of the molecule is C=CCc1ccc(OCCOCC[NH+]2CC[NH+](C)CC2)c(OC)c1. The van der Waals surface area contributed by atoms with E-state index in [4.69, 9.17) is 14.2 Å². The average Bonchev–Trinajstić information content (AvgIpc) is 2.60. The van der Waals surface area contributed by atoms with Crippen molar-refractivity contribution in [2.75, 3.05) is 66.7 Å². The fraction of sp³-hybridized carbons (Fsp3) is 0.579. The first-order valence-electron chi connectivity index (χ1n) is 8.86. The van der Waals surface area contributed by atoms with Crippen molar-refractivity contribution in [2.24, 2.45) is 0 Å². The first-order chi connectivity index (χ1) is 11.7. The number of piperazine rings is 1. The molecule has 0 amide bonds. The Morgan fingerprint density at radius 3 is 2.58 bits per heavy atom. The highest BCUT2D eigenvalue weighted by molar-refractivity contribution is 5.43. The van der Waals surface area contributed by atoms with Crippen molar-refractivity contribution >= 4 is 0 Å². The van der Waals surface area contributed by atoms with Crippen LogP contribution in [0, 0.1) is 0 Å². The second-order valence-electron chi connectivity index (χ2n) is 6.40. The van der Waals surface area contributed by atoms with E-state index in [0.717, 1.165) is 31.1 Å². The molecule has 0 aromatic heterocycles. The van der Waals surface area contributed by atoms with E-state index in [9.17, 15) is 0 Å². The summed E-state index contributed by atoms with van der Waals surface area (Å²) < 4.78 is 16.9. The molecule has 1 aromatic rings. The van der Waals surface area contributed by atoms with Crippen LogP contribution < -0.4 is 19.3 Å². The van der Waals surface area contributed by atoms with Gasteiger partial charge in [-0.25, -0.2) is 0 Å². The molecule has 2 N–H and O–H groups in total. The van der Waals surface area contributed by atoms with Crippen LogP contribution in [0.5, 0.6) is 11.5 Å². The molecule has 24 heavy (non-hydrogen) atoms. The summed E-state index contributed by atoms with van der Waals surface area (Å²) in [7, 11) is 3.93. The van der Waals surface area contributed by atoms with Crippen molar-refractivity contribution in [1.29, 1.82) is 0 Å². The summed E-state index contributed by atoms with van der Waals surface area (Å²) in [5, 5.41) is 0. The Morgan fingerprint density at radius 1 is 1.08 bits per heavy atom. The molecule has 0 radical (unpaired) electrons. The first kappa shape index (κ1) is 18.8. The third-order valence-electron chi connectivity index (χ3n) is 4.50. The third-order valence-corrected chi connectivity index (χ3v) is 4.50. The molecule has 0 unspecified atom stereocenters. The molecule has 1 aliphatic rings. The van der Waals surface area contributed by atoms with Gasteiger partial charge in [0.2, 0.25) is 0 Å². The molecule has 1 saturated heterocycles. The Kier molecular flexibility index (Phi) is 8.08. The number of quaternary nitrogens is 2. The maximum absolute atomic E-state index is 5.78. The molecule has 0 bridgehead atoms. The molecule has 5 nitrogen and oxygen atoms in total. The van der Waals surface area contributed by atoms with E-state index in [1.165, 1.54) is 31.7 Å². The van der Waals surface area contributed by atoms with Crippen LogP contribution in [0.15, 0.2) is 30.9 Å². The second-order valence-corrected chi connectivity index (χ2v) is 6.40. The third kappa shape index (κ3) is 6.15. The van der Waals surface area contributed by atoms with Gasteiger partial charge in [-0.3, -0.25) is 0 Å². The average molecular weight is 336 g/mol. The molecular weight excluding hydrogens is 304 g/mol. The van der Waals surface area contributed by atoms with Crippen molar-refractivity contribution in [2.45, 2.75) is 6.42 Å². The van der Waals surface area contributed by atoms with E-state index in [0.29, 0.717) is 13.2 Å². The molecule has 0 aliphatic carbocycles. The maximum atomic E-state index is 5.78. The lowest BCUT2D eigenvalue weighted by Crippen LogP contribution is -3.27. The zero-order valence-corrected chi connectivity index (χ0v) is 15.1. The van der Waals surface area contributed by atoms with Gasteiger partial charge in [0.25, 0.3) is 0 Å². The monoisotopic (exact) mass is 336 g/mol. The fourth-order valence-corrected chi connectivity index (χ4v) is 2.93. The minimum absolute atomic E-state index is 0.541. The van der Waals surface area contributed by atoms with Crippen molar-refractivity contribution in [3.8, 4) is 11.5 Å². The van der Waals surface area contributed by atoms with Crippen LogP contribution in [-0.4, -0.2) is 66.7 Å². The Morgan fingerprint density at radius 2 is 1.88 bits per heavy atom. The molecule has 1 aromatic carbocycles. The number of likely N-dealkylation sites (N-methyl/N-ethyl adjacent to an activating group) is 1. The van der Waals surface area contributed by atoms with Gasteiger partial charge in [0.1, 0.15) is 39.3 Å². The van der Waals surface area contributed by atoms with Crippen LogP contribution >= 0.6 is 0 Å². The van der Waals surface area contributed by atoms with E-state index >= 15 is 0 Å². The number of rotatable bonds is 10. The van der Waals surface area contributed by atoms with Crippen molar-refractivity contribution in [1.82, 2.24) is 0 Å². The number of hydrogen-bond acceptors (Lipinski definition) is 3. The van der Waals surface area contributed by atoms with Crippen molar-refractivity contribution < 1.29 is 24.0 Å². The summed E-state index contributed by atoms with van der Waals surface area (Å²) in [4.78, 5) is 3.29. The highest BCUT2D eigenvalue weighted by Crippen LogP contribution is 2.28. The zero-order chi connectivity index (χ0) is 17.2. The molecule has 1 fully saturated rings. The van der Waals surface area contributed by atoms with Gasteiger partial charge < -0.3 is 24.0 Å². The van der Waals surface area contributed by atoms with Crippen molar-refractivity contribution in [3.05, 3.63) is 36.4 Å². The molecule has 5 heteroatoms. The van der Waals surface area contributed by atoms with Gasteiger partial charge in [0.15, 0.2) is 11.5 Å². The molecule has 0 atom stereocenters. The lowest BCUT2D eigenvalue weighted by atomic mass is 10.1. The summed E-state index contributed by atoms with van der Waals surface area (Å²) in [5.74, 6) is 1.53. The molecule has 1 heterocycles. The van der Waals surface area contributed by atoms with E-state index in [2.05, 4.69) is 13.6 Å². The van der Waals surface area contributed by atoms with Gasteiger partial charge in [-0.2, -0.15) is 0 Å². The minimum Gasteiger partial charge on any atom is -0.493 e. The molecule has 0 spiro atoms. The Bertz CT molecular complexity index is 499. The number of ether oxygens (including phenoxy) is 3. The van der Waals surface area contributed by atoms with E-state index in [-0.39, 0.29) is 0 Å². The van der Waals surface area contributed by atoms with Gasteiger partial charge in [-0.15, -0.1) is 6.58 Å². The standard InChI is InChI=1S/C19H30N2O3/c1-4-5-17-6-7-18(19(16-17)22-3)24-15-14-23-13-12-21-10-8-20(2)9-11-21/h4,6-7,16H,1,5,8-15H2,2-3H3/p+2. The number of allylic oxidation sites excluding steroid dienone is 1. The van der Waals surface area contributed by atoms with Gasteiger partial charge in [-0.1, -0.05) is 12.1 Å². The predicted octanol–water partition coefficient (Wildman–Crippen LogP) is -0.768. The van der Waals surface area contributed by atoms with Gasteiger partial charge in [0.05, 0.1) is 27.4 Å². The zero-order valence-electron chi connectivity index (χ0n) is 15.1. The molecule has 2 rings (SSSR count). The van der Waals surface area contributed by atoms with E-state index < -0.39 is 0 Å². The largest absolute Gasteiger partial charge is 0.493 e. The minimum atomic E-state index is 0.541. The first-order valence-corrected chi connectivity index (χ1v) is 8.86. The van der Waals surface area contributed by atoms with Gasteiger partial charge in [-0.05, 0) is 24.1 Å². The van der Waals surface area contributed by atoms with Crippen molar-refractivity contribution in [3.63, 3.8) is 0 Å². The van der Waals surface area contributed by atoms with E-state index in [1.54, 1.807) is 16.9 Å². The van der Waals surface area contributed by atoms with E-state index in [1.807, 2.05) is 24.3 Å². The Balaban J connectivity index is 1.62. The van der Waals surface area contributed by atoms with Crippen LogP contribution in [0.3, 0.4) is 0 Å². The molecule has 1 aliphatic heterocycles. The number of benzene rings is 1. The number of methoxy groups -OCH3 is 1. The second kappa shape index (κ2) is 10.3. The van der Waals surface area contributed by atoms with Crippen LogP contribution in [0.25, 0.3) is 0 Å². The Hall–Kier alpha value is -1.56. The number of hydrogen-bond donors (Lipinski definition) is 2.